The van der Waals surface area contributed by atoms with Crippen LogP contribution in [0.15, 0.2) is 61.4 Å². The number of thiocarbonyl (C=S) groups is 1. The number of methoxy groups -OCH3 is 1. The second-order valence-corrected chi connectivity index (χ2v) is 7.03. The second-order valence-electron chi connectivity index (χ2n) is 6.21. The molecule has 0 aliphatic carbocycles. The van der Waals surface area contributed by atoms with E-state index in [2.05, 4.69) is 24.8 Å². The van der Waals surface area contributed by atoms with E-state index < -0.39 is 0 Å². The average Bonchev–Trinajstić information content (AvgIpc) is 3.22. The molecule has 2 heterocycles. The van der Waals surface area contributed by atoms with Crippen molar-refractivity contribution in [3.63, 3.8) is 0 Å². The molecule has 0 saturated heterocycles. The predicted molar refractivity (Wildman–Crippen MR) is 116 cm³/mol. The molecular formula is C20H22ClN5OS. The molecule has 3 rings (SSSR count). The largest absolute Gasteiger partial charge is 0.495 e. The first-order chi connectivity index (χ1) is 13.7. The third-order valence-corrected chi connectivity index (χ3v) is 4.81. The summed E-state index contributed by atoms with van der Waals surface area (Å²) in [7, 11) is 1.61. The Morgan fingerprint density at radius 3 is 2.75 bits per heavy atom. The van der Waals surface area contributed by atoms with Crippen molar-refractivity contribution in [1.29, 1.82) is 0 Å². The van der Waals surface area contributed by atoms with Gasteiger partial charge in [-0.3, -0.25) is 4.98 Å². The first-order valence-electron chi connectivity index (χ1n) is 8.90. The molecule has 1 aromatic carbocycles. The second kappa shape index (κ2) is 10.1. The Bertz CT molecular complexity index is 889. The zero-order valence-corrected chi connectivity index (χ0v) is 17.2. The SMILES string of the molecule is COc1cc(Cl)ccc1NC(=S)N(CCCn1ccnc1)Cc1ccncc1. The molecule has 0 amide bonds. The van der Waals surface area contributed by atoms with Crippen LogP contribution in [0.2, 0.25) is 5.02 Å². The van der Waals surface area contributed by atoms with Crippen LogP contribution in [0.1, 0.15) is 12.0 Å². The summed E-state index contributed by atoms with van der Waals surface area (Å²) in [5.74, 6) is 0.650. The highest BCUT2D eigenvalue weighted by atomic mass is 35.5. The molecule has 28 heavy (non-hydrogen) atoms. The monoisotopic (exact) mass is 415 g/mol. The van der Waals surface area contributed by atoms with Gasteiger partial charge in [0.2, 0.25) is 0 Å². The molecule has 0 radical (unpaired) electrons. The van der Waals surface area contributed by atoms with Gasteiger partial charge in [0.1, 0.15) is 5.75 Å². The Morgan fingerprint density at radius 1 is 1.21 bits per heavy atom. The fourth-order valence-electron chi connectivity index (χ4n) is 2.79. The van der Waals surface area contributed by atoms with E-state index in [-0.39, 0.29) is 0 Å². The van der Waals surface area contributed by atoms with Crippen molar-refractivity contribution in [2.45, 2.75) is 19.5 Å². The Labute approximate surface area is 175 Å². The minimum Gasteiger partial charge on any atom is -0.495 e. The molecular weight excluding hydrogens is 394 g/mol. The van der Waals surface area contributed by atoms with Crippen LogP contribution < -0.4 is 10.1 Å². The van der Waals surface area contributed by atoms with Crippen molar-refractivity contribution in [1.82, 2.24) is 19.4 Å². The van der Waals surface area contributed by atoms with E-state index in [9.17, 15) is 0 Å². The number of halogens is 1. The highest BCUT2D eigenvalue weighted by molar-refractivity contribution is 7.80. The number of aryl methyl sites for hydroxylation is 1. The van der Waals surface area contributed by atoms with Crippen LogP contribution in [0.4, 0.5) is 5.69 Å². The number of nitrogens with zero attached hydrogens (tertiary/aromatic N) is 4. The van der Waals surface area contributed by atoms with Crippen molar-refractivity contribution in [2.75, 3.05) is 19.0 Å². The molecule has 0 fully saturated rings. The van der Waals surface area contributed by atoms with Gasteiger partial charge in [0.05, 0.1) is 19.1 Å². The lowest BCUT2D eigenvalue weighted by atomic mass is 10.2. The molecule has 0 aliphatic heterocycles. The van der Waals surface area contributed by atoms with Crippen LogP contribution in [-0.2, 0) is 13.1 Å². The van der Waals surface area contributed by atoms with Crippen LogP contribution in [-0.4, -0.2) is 38.2 Å². The molecule has 0 saturated carbocycles. The lowest BCUT2D eigenvalue weighted by Crippen LogP contribution is -2.35. The molecule has 0 unspecified atom stereocenters. The summed E-state index contributed by atoms with van der Waals surface area (Å²) in [6, 6.07) is 9.42. The van der Waals surface area contributed by atoms with Gasteiger partial charge in [0, 0.05) is 55.5 Å². The fraction of sp³-hybridized carbons (Fsp3) is 0.250. The number of nitrogens with one attached hydrogen (secondary N) is 1. The number of hydrogen-bond acceptors (Lipinski definition) is 4. The Balaban J connectivity index is 1.70. The quantitative estimate of drug-likeness (QED) is 0.555. The van der Waals surface area contributed by atoms with Crippen LogP contribution in [0, 0.1) is 0 Å². The minimum absolute atomic E-state index is 0.613. The third-order valence-electron chi connectivity index (χ3n) is 4.22. The van der Waals surface area contributed by atoms with Gasteiger partial charge >= 0.3 is 0 Å². The summed E-state index contributed by atoms with van der Waals surface area (Å²) in [4.78, 5) is 10.3. The standard InChI is InChI=1S/C20H22ClN5OS/c1-27-19-13-17(21)3-4-18(19)24-20(28)26(14-16-5-7-22-8-6-16)11-2-10-25-12-9-23-15-25/h3-9,12-13,15H,2,10-11,14H2,1H3,(H,24,28). The lowest BCUT2D eigenvalue weighted by molar-refractivity contribution is 0.395. The summed E-state index contributed by atoms with van der Waals surface area (Å²) in [5.41, 5.74) is 1.93. The maximum atomic E-state index is 6.05. The van der Waals surface area contributed by atoms with Crippen molar-refractivity contribution in [3.05, 3.63) is 72.0 Å². The van der Waals surface area contributed by atoms with Crippen molar-refractivity contribution in [3.8, 4) is 5.75 Å². The van der Waals surface area contributed by atoms with Crippen LogP contribution in [0.5, 0.6) is 5.75 Å². The number of aromatic nitrogens is 3. The highest BCUT2D eigenvalue weighted by Crippen LogP contribution is 2.28. The molecule has 6 nitrogen and oxygen atoms in total. The summed E-state index contributed by atoms with van der Waals surface area (Å²) in [5, 5.41) is 4.53. The Kier molecular flexibility index (Phi) is 7.22. The lowest BCUT2D eigenvalue weighted by Gasteiger charge is -2.26. The number of anilines is 1. The number of pyridine rings is 1. The van der Waals surface area contributed by atoms with E-state index in [0.717, 1.165) is 30.8 Å². The Morgan fingerprint density at radius 2 is 2.04 bits per heavy atom. The fourth-order valence-corrected chi connectivity index (χ4v) is 3.21. The van der Waals surface area contributed by atoms with Gasteiger partial charge in [0.25, 0.3) is 0 Å². The molecule has 146 valence electrons. The molecule has 0 atom stereocenters. The smallest absolute Gasteiger partial charge is 0.173 e. The zero-order chi connectivity index (χ0) is 19.8. The van der Waals surface area contributed by atoms with Crippen LogP contribution in [0.3, 0.4) is 0 Å². The predicted octanol–water partition coefficient (Wildman–Crippen LogP) is 4.23. The maximum Gasteiger partial charge on any atom is 0.173 e. The highest BCUT2D eigenvalue weighted by Gasteiger charge is 2.13. The third kappa shape index (κ3) is 5.68. The molecule has 0 aliphatic rings. The summed E-state index contributed by atoms with van der Waals surface area (Å²) >= 11 is 11.8. The van der Waals surface area contributed by atoms with Crippen LogP contribution in [0.25, 0.3) is 0 Å². The van der Waals surface area contributed by atoms with E-state index in [1.54, 1.807) is 37.8 Å². The molecule has 8 heteroatoms. The van der Waals surface area contributed by atoms with E-state index >= 15 is 0 Å². The molecule has 3 aromatic rings. The van der Waals surface area contributed by atoms with Gasteiger partial charge in [-0.15, -0.1) is 0 Å². The van der Waals surface area contributed by atoms with Crippen molar-refractivity contribution >= 4 is 34.6 Å². The number of ether oxygens (including phenoxy) is 1. The number of benzene rings is 1. The number of imidazole rings is 1. The van der Waals surface area contributed by atoms with E-state index in [1.807, 2.05) is 30.7 Å². The van der Waals surface area contributed by atoms with Gasteiger partial charge in [-0.05, 0) is 48.5 Å². The first kappa shape index (κ1) is 20.1. The first-order valence-corrected chi connectivity index (χ1v) is 9.68. The average molecular weight is 416 g/mol. The minimum atomic E-state index is 0.613. The van der Waals surface area contributed by atoms with E-state index in [0.29, 0.717) is 22.4 Å². The van der Waals surface area contributed by atoms with Gasteiger partial charge in [-0.2, -0.15) is 0 Å². The van der Waals surface area contributed by atoms with Gasteiger partial charge in [0.15, 0.2) is 5.11 Å². The summed E-state index contributed by atoms with van der Waals surface area (Å²) < 4.78 is 7.47. The zero-order valence-electron chi connectivity index (χ0n) is 15.6. The van der Waals surface area contributed by atoms with Gasteiger partial charge in [-0.1, -0.05) is 11.6 Å². The number of rotatable bonds is 8. The summed E-state index contributed by atoms with van der Waals surface area (Å²) in [6.07, 6.45) is 10.1. The topological polar surface area (TPSA) is 55.2 Å². The molecule has 1 N–H and O–H groups in total. The molecule has 2 aromatic heterocycles. The van der Waals surface area contributed by atoms with Crippen LogP contribution >= 0.6 is 23.8 Å². The van der Waals surface area contributed by atoms with Crippen molar-refractivity contribution in [2.24, 2.45) is 0 Å². The molecule has 0 bridgehead atoms. The Hall–Kier alpha value is -2.64. The van der Waals surface area contributed by atoms with E-state index in [1.165, 1.54) is 0 Å². The van der Waals surface area contributed by atoms with Crippen molar-refractivity contribution < 1.29 is 4.74 Å². The molecule has 0 spiro atoms. The summed E-state index contributed by atoms with van der Waals surface area (Å²) in [6.45, 7) is 2.36. The maximum absolute atomic E-state index is 6.05. The number of hydrogen-bond donors (Lipinski definition) is 1. The normalized spacial score (nSPS) is 10.5. The van der Waals surface area contributed by atoms with Gasteiger partial charge < -0.3 is 19.5 Å². The van der Waals surface area contributed by atoms with Gasteiger partial charge in [-0.25, -0.2) is 4.98 Å². The van der Waals surface area contributed by atoms with E-state index in [4.69, 9.17) is 28.6 Å².